The molecule has 0 bridgehead atoms. The molecule has 2 N–H and O–H groups in total. The minimum atomic E-state index is -0.517. The summed E-state index contributed by atoms with van der Waals surface area (Å²) in [6, 6.07) is 13.1. The highest BCUT2D eigenvalue weighted by Gasteiger charge is 2.41. The second-order valence-corrected chi connectivity index (χ2v) is 8.66. The van der Waals surface area contributed by atoms with Gasteiger partial charge in [-0.3, -0.25) is 4.90 Å². The Labute approximate surface area is 199 Å². The summed E-state index contributed by atoms with van der Waals surface area (Å²) in [5.74, 6) is -0.0433. The van der Waals surface area contributed by atoms with Gasteiger partial charge in [-0.05, 0) is 55.5 Å². The molecular weight excluding hydrogens is 451 g/mol. The molecule has 1 aromatic carbocycles. The topological polar surface area (TPSA) is 88.8 Å². The van der Waals surface area contributed by atoms with Crippen molar-refractivity contribution in [3.8, 4) is 0 Å². The van der Waals surface area contributed by atoms with Gasteiger partial charge in [-0.1, -0.05) is 29.8 Å². The largest absolute Gasteiger partial charge is 0.464 e. The maximum atomic E-state index is 13.2. The molecule has 2 fully saturated rings. The van der Waals surface area contributed by atoms with Crippen molar-refractivity contribution in [2.75, 3.05) is 31.6 Å². The van der Waals surface area contributed by atoms with E-state index in [9.17, 15) is 9.59 Å². The van der Waals surface area contributed by atoms with Crippen LogP contribution in [0.15, 0.2) is 42.5 Å². The molecule has 1 saturated heterocycles. The number of nitrogens with two attached hydrogens (primary N) is 1. The molecular formula is C23H28Cl2N4O3. The van der Waals surface area contributed by atoms with E-state index < -0.39 is 5.97 Å². The molecule has 1 aliphatic carbocycles. The van der Waals surface area contributed by atoms with Gasteiger partial charge in [0.2, 0.25) is 0 Å². The number of methoxy groups -OCH3 is 1. The Bertz CT molecular complexity index is 979. The number of hydrogen-bond donors (Lipinski definition) is 1. The molecule has 2 amide bonds. The summed E-state index contributed by atoms with van der Waals surface area (Å²) in [7, 11) is 1.31. The van der Waals surface area contributed by atoms with Crippen molar-refractivity contribution < 1.29 is 14.3 Å². The minimum absolute atomic E-state index is 0. The van der Waals surface area contributed by atoms with Crippen molar-refractivity contribution in [3.05, 3.63) is 58.7 Å². The lowest BCUT2D eigenvalue weighted by molar-refractivity contribution is 0.0594. The monoisotopic (exact) mass is 478 g/mol. The van der Waals surface area contributed by atoms with Crippen molar-refractivity contribution in [1.82, 2.24) is 9.88 Å². The summed E-state index contributed by atoms with van der Waals surface area (Å²) in [6.45, 7) is 1.74. The fourth-order valence-corrected chi connectivity index (χ4v) is 4.98. The number of anilines is 1. The summed E-state index contributed by atoms with van der Waals surface area (Å²) in [6.07, 6.45) is 3.60. The van der Waals surface area contributed by atoms with Gasteiger partial charge in [-0.25, -0.2) is 14.6 Å². The number of carbonyl (C=O) groups is 2. The Kier molecular flexibility index (Phi) is 7.64. The first-order valence-electron chi connectivity index (χ1n) is 10.6. The van der Waals surface area contributed by atoms with Crippen LogP contribution < -0.4 is 10.6 Å². The van der Waals surface area contributed by atoms with E-state index in [2.05, 4.69) is 11.1 Å². The molecule has 32 heavy (non-hydrogen) atoms. The first kappa shape index (κ1) is 24.3. The fourth-order valence-electron chi connectivity index (χ4n) is 4.79. The van der Waals surface area contributed by atoms with E-state index in [0.29, 0.717) is 25.5 Å². The highest BCUT2D eigenvalue weighted by atomic mass is 35.5. The number of ether oxygens (including phenoxy) is 1. The number of benzene rings is 1. The number of rotatable bonds is 5. The molecule has 0 unspecified atom stereocenters. The standard InChI is InChI=1S/C23H27ClN4O3.ClH/c1-31-21(29)19-6-3-7-20(26-19)28-13-12-27(22(28)30)18-8-10-23(15-25,11-9-18)16-4-2-5-17(24)14-16;/h2-7,14,18H,8-13,15,25H2,1H3;1H. The van der Waals surface area contributed by atoms with E-state index in [0.717, 1.165) is 30.7 Å². The van der Waals surface area contributed by atoms with Crippen molar-refractivity contribution in [3.63, 3.8) is 0 Å². The van der Waals surface area contributed by atoms with Gasteiger partial charge in [0, 0.05) is 36.1 Å². The number of nitrogens with zero attached hydrogens (tertiary/aromatic N) is 3. The number of aromatic nitrogens is 1. The summed E-state index contributed by atoms with van der Waals surface area (Å²) >= 11 is 6.21. The molecule has 0 radical (unpaired) electrons. The van der Waals surface area contributed by atoms with Crippen LogP contribution >= 0.6 is 24.0 Å². The van der Waals surface area contributed by atoms with E-state index in [4.69, 9.17) is 22.1 Å². The van der Waals surface area contributed by atoms with E-state index >= 15 is 0 Å². The van der Waals surface area contributed by atoms with E-state index in [1.807, 2.05) is 23.1 Å². The molecule has 7 nitrogen and oxygen atoms in total. The average Bonchev–Trinajstić information content (AvgIpc) is 3.20. The first-order valence-corrected chi connectivity index (χ1v) is 10.9. The predicted molar refractivity (Wildman–Crippen MR) is 127 cm³/mol. The molecule has 1 saturated carbocycles. The molecule has 172 valence electrons. The number of hydrogen-bond acceptors (Lipinski definition) is 5. The molecule has 2 aliphatic rings. The highest BCUT2D eigenvalue weighted by Crippen LogP contribution is 2.41. The van der Waals surface area contributed by atoms with Crippen LogP contribution in [0.1, 0.15) is 41.7 Å². The van der Waals surface area contributed by atoms with Gasteiger partial charge in [-0.15, -0.1) is 12.4 Å². The van der Waals surface area contributed by atoms with Crippen molar-refractivity contribution in [1.29, 1.82) is 0 Å². The van der Waals surface area contributed by atoms with Crippen molar-refractivity contribution in [2.24, 2.45) is 5.73 Å². The predicted octanol–water partition coefficient (Wildman–Crippen LogP) is 4.02. The van der Waals surface area contributed by atoms with Crippen LogP contribution in [0, 0.1) is 0 Å². The molecule has 2 aromatic rings. The van der Waals surface area contributed by atoms with E-state index in [1.165, 1.54) is 12.7 Å². The van der Waals surface area contributed by atoms with Gasteiger partial charge in [0.15, 0.2) is 5.69 Å². The zero-order valence-electron chi connectivity index (χ0n) is 18.0. The Hall–Kier alpha value is -2.35. The quantitative estimate of drug-likeness (QED) is 0.655. The Morgan fingerprint density at radius 3 is 2.59 bits per heavy atom. The van der Waals surface area contributed by atoms with Crippen LogP contribution in [0.4, 0.5) is 10.6 Å². The lowest BCUT2D eigenvalue weighted by Crippen LogP contribution is -2.47. The number of halogens is 2. The second-order valence-electron chi connectivity index (χ2n) is 8.23. The van der Waals surface area contributed by atoms with Gasteiger partial charge in [0.05, 0.1) is 7.11 Å². The molecule has 9 heteroatoms. The van der Waals surface area contributed by atoms with Crippen LogP contribution in [0.2, 0.25) is 5.02 Å². The van der Waals surface area contributed by atoms with Crippen LogP contribution in [0.3, 0.4) is 0 Å². The van der Waals surface area contributed by atoms with Crippen molar-refractivity contribution in [2.45, 2.75) is 37.1 Å². The lowest BCUT2D eigenvalue weighted by Gasteiger charge is -2.42. The van der Waals surface area contributed by atoms with Gasteiger partial charge >= 0.3 is 12.0 Å². The van der Waals surface area contributed by atoms with Crippen LogP contribution in [0.25, 0.3) is 0 Å². The Morgan fingerprint density at radius 1 is 1.22 bits per heavy atom. The van der Waals surface area contributed by atoms with Crippen molar-refractivity contribution >= 4 is 41.8 Å². The third-order valence-electron chi connectivity index (χ3n) is 6.63. The van der Waals surface area contributed by atoms with E-state index in [-0.39, 0.29) is 35.6 Å². The van der Waals surface area contributed by atoms with Crippen LogP contribution in [-0.4, -0.2) is 54.7 Å². The Morgan fingerprint density at radius 2 is 1.94 bits per heavy atom. The number of esters is 1. The third-order valence-corrected chi connectivity index (χ3v) is 6.86. The SMILES string of the molecule is COC(=O)c1cccc(N2CCN(C3CCC(CN)(c4cccc(Cl)c4)CC3)C2=O)n1.Cl. The maximum absolute atomic E-state index is 13.2. The minimum Gasteiger partial charge on any atom is -0.464 e. The maximum Gasteiger partial charge on any atom is 0.356 e. The summed E-state index contributed by atoms with van der Waals surface area (Å²) in [4.78, 5) is 32.8. The molecule has 1 aliphatic heterocycles. The molecule has 4 rings (SSSR count). The molecule has 0 spiro atoms. The number of amides is 2. The van der Waals surface area contributed by atoms with Crippen LogP contribution in [-0.2, 0) is 10.2 Å². The normalized spacial score (nSPS) is 23.1. The fraction of sp³-hybridized carbons (Fsp3) is 0.435. The Balaban J connectivity index is 0.00000289. The van der Waals surface area contributed by atoms with Gasteiger partial charge in [0.1, 0.15) is 5.82 Å². The van der Waals surface area contributed by atoms with Gasteiger partial charge in [0.25, 0.3) is 0 Å². The highest BCUT2D eigenvalue weighted by molar-refractivity contribution is 6.30. The zero-order valence-corrected chi connectivity index (χ0v) is 19.6. The van der Waals surface area contributed by atoms with Gasteiger partial charge in [-0.2, -0.15) is 0 Å². The number of carbonyl (C=O) groups excluding carboxylic acids is 2. The number of pyridine rings is 1. The summed E-state index contributed by atoms with van der Waals surface area (Å²) in [5.41, 5.74) is 7.49. The zero-order chi connectivity index (χ0) is 22.0. The van der Waals surface area contributed by atoms with Gasteiger partial charge < -0.3 is 15.4 Å². The third kappa shape index (κ3) is 4.56. The summed E-state index contributed by atoms with van der Waals surface area (Å²) in [5, 5.41) is 0.722. The first-order chi connectivity index (χ1) is 15.0. The lowest BCUT2D eigenvalue weighted by atomic mass is 9.68. The van der Waals surface area contributed by atoms with E-state index in [1.54, 1.807) is 23.1 Å². The smallest absolute Gasteiger partial charge is 0.356 e. The molecule has 0 atom stereocenters. The average molecular weight is 479 g/mol. The molecule has 2 heterocycles. The number of urea groups is 1. The van der Waals surface area contributed by atoms with Crippen LogP contribution in [0.5, 0.6) is 0 Å². The summed E-state index contributed by atoms with van der Waals surface area (Å²) < 4.78 is 4.74. The molecule has 1 aromatic heterocycles. The second kappa shape index (κ2) is 10.1.